The quantitative estimate of drug-likeness (QED) is 0.849. The highest BCUT2D eigenvalue weighted by Crippen LogP contribution is 2.22. The van der Waals surface area contributed by atoms with Crippen molar-refractivity contribution in [2.45, 2.75) is 38.5 Å². The molecule has 0 heterocycles. The predicted octanol–water partition coefficient (Wildman–Crippen LogP) is 3.30. The minimum absolute atomic E-state index is 0.0336. The van der Waals surface area contributed by atoms with Gasteiger partial charge >= 0.3 is 0 Å². The van der Waals surface area contributed by atoms with Crippen LogP contribution < -0.4 is 5.32 Å². The summed E-state index contributed by atoms with van der Waals surface area (Å²) in [4.78, 5) is 11.9. The number of hydrogen-bond acceptors (Lipinski definition) is 3. The van der Waals surface area contributed by atoms with Crippen LogP contribution in [0.2, 0.25) is 0 Å². The van der Waals surface area contributed by atoms with Crippen LogP contribution in [-0.4, -0.2) is 14.3 Å². The second-order valence-corrected chi connectivity index (χ2v) is 7.16. The molecule has 0 bridgehead atoms. The van der Waals surface area contributed by atoms with Gasteiger partial charge in [0.1, 0.15) is 0 Å². The zero-order chi connectivity index (χ0) is 14.6. The second kappa shape index (κ2) is 6.39. The molecule has 1 aromatic carbocycles. The molecule has 19 heavy (non-hydrogen) atoms. The van der Waals surface area contributed by atoms with E-state index in [-0.39, 0.29) is 16.7 Å². The maximum atomic E-state index is 11.9. The first kappa shape index (κ1) is 16.0. The molecule has 4 nitrogen and oxygen atoms in total. The van der Waals surface area contributed by atoms with Gasteiger partial charge in [0.15, 0.2) is 0 Å². The van der Waals surface area contributed by atoms with Gasteiger partial charge in [-0.05, 0) is 37.1 Å². The maximum Gasteiger partial charge on any atom is 0.261 e. The molecule has 0 aromatic heterocycles. The van der Waals surface area contributed by atoms with E-state index >= 15 is 0 Å². The second-order valence-electron chi connectivity index (χ2n) is 4.59. The van der Waals surface area contributed by atoms with E-state index in [1.165, 1.54) is 12.1 Å². The first-order valence-corrected chi connectivity index (χ1v) is 8.42. The molecule has 1 N–H and O–H groups in total. The van der Waals surface area contributed by atoms with Crippen LogP contribution >= 0.6 is 10.7 Å². The molecule has 0 aliphatic heterocycles. The zero-order valence-corrected chi connectivity index (χ0v) is 12.8. The van der Waals surface area contributed by atoms with Crippen molar-refractivity contribution in [1.82, 2.24) is 0 Å². The van der Waals surface area contributed by atoms with E-state index in [1.807, 2.05) is 13.8 Å². The first-order chi connectivity index (χ1) is 8.75. The normalized spacial score (nSPS) is 13.1. The van der Waals surface area contributed by atoms with Crippen molar-refractivity contribution in [3.8, 4) is 0 Å². The van der Waals surface area contributed by atoms with Crippen LogP contribution in [0.25, 0.3) is 0 Å². The number of halogens is 1. The first-order valence-electron chi connectivity index (χ1n) is 6.12. The van der Waals surface area contributed by atoms with Gasteiger partial charge in [0.05, 0.1) is 4.90 Å². The lowest BCUT2D eigenvalue weighted by molar-refractivity contribution is -0.119. The average molecular weight is 304 g/mol. The van der Waals surface area contributed by atoms with E-state index < -0.39 is 9.05 Å². The lowest BCUT2D eigenvalue weighted by Crippen LogP contribution is -2.20. The fourth-order valence-corrected chi connectivity index (χ4v) is 2.58. The highest BCUT2D eigenvalue weighted by molar-refractivity contribution is 8.13. The SMILES string of the molecule is CCCC(C)C(=O)Nc1ccc(S(=O)(=O)Cl)cc1C. The standard InChI is InChI=1S/C13H18ClNO3S/c1-4-5-9(2)13(16)15-12-7-6-11(8-10(12)3)19(14,17)18/h6-9H,4-5H2,1-3H3,(H,15,16). The summed E-state index contributed by atoms with van der Waals surface area (Å²) in [5.41, 5.74) is 1.27. The largest absolute Gasteiger partial charge is 0.326 e. The van der Waals surface area contributed by atoms with Crippen molar-refractivity contribution in [2.24, 2.45) is 5.92 Å². The summed E-state index contributed by atoms with van der Waals surface area (Å²) in [6, 6.07) is 4.39. The van der Waals surface area contributed by atoms with Gasteiger partial charge in [-0.15, -0.1) is 0 Å². The molecule has 0 radical (unpaired) electrons. The number of nitrogens with one attached hydrogen (secondary N) is 1. The van der Waals surface area contributed by atoms with Crippen LogP contribution in [0.3, 0.4) is 0 Å². The number of anilines is 1. The topological polar surface area (TPSA) is 63.2 Å². The molecular weight excluding hydrogens is 286 g/mol. The van der Waals surface area contributed by atoms with Gasteiger partial charge < -0.3 is 5.32 Å². The fraction of sp³-hybridized carbons (Fsp3) is 0.462. The van der Waals surface area contributed by atoms with Crippen molar-refractivity contribution in [3.63, 3.8) is 0 Å². The lowest BCUT2D eigenvalue weighted by atomic mass is 10.1. The number of amides is 1. The van der Waals surface area contributed by atoms with Crippen LogP contribution in [0.5, 0.6) is 0 Å². The number of rotatable bonds is 5. The molecule has 1 unspecified atom stereocenters. The Labute approximate surface area is 118 Å². The molecule has 0 spiro atoms. The maximum absolute atomic E-state index is 11.9. The number of carbonyl (C=O) groups excluding carboxylic acids is 1. The molecule has 0 aliphatic carbocycles. The van der Waals surface area contributed by atoms with E-state index in [2.05, 4.69) is 5.32 Å². The molecular formula is C13H18ClNO3S. The third-order valence-corrected chi connectivity index (χ3v) is 4.26. The van der Waals surface area contributed by atoms with Crippen molar-refractivity contribution in [2.75, 3.05) is 5.32 Å². The summed E-state index contributed by atoms with van der Waals surface area (Å²) in [5, 5.41) is 2.80. The molecule has 1 atom stereocenters. The van der Waals surface area contributed by atoms with Crippen LogP contribution in [-0.2, 0) is 13.8 Å². The highest BCUT2D eigenvalue weighted by atomic mass is 35.7. The van der Waals surface area contributed by atoms with Gasteiger partial charge in [-0.3, -0.25) is 4.79 Å². The molecule has 1 aromatic rings. The monoisotopic (exact) mass is 303 g/mol. The summed E-state index contributed by atoms with van der Waals surface area (Å²) < 4.78 is 22.4. The zero-order valence-electron chi connectivity index (χ0n) is 11.2. The third-order valence-electron chi connectivity index (χ3n) is 2.91. The molecule has 0 fully saturated rings. The molecule has 0 saturated carbocycles. The fourth-order valence-electron chi connectivity index (χ4n) is 1.75. The predicted molar refractivity (Wildman–Crippen MR) is 76.9 cm³/mol. The van der Waals surface area contributed by atoms with E-state index in [1.54, 1.807) is 13.0 Å². The van der Waals surface area contributed by atoms with Crippen molar-refractivity contribution in [3.05, 3.63) is 23.8 Å². The van der Waals surface area contributed by atoms with Gasteiger partial charge in [0.2, 0.25) is 5.91 Å². The smallest absolute Gasteiger partial charge is 0.261 e. The Morgan fingerprint density at radius 1 is 1.42 bits per heavy atom. The lowest BCUT2D eigenvalue weighted by Gasteiger charge is -2.13. The molecule has 6 heteroatoms. The number of benzene rings is 1. The summed E-state index contributed by atoms with van der Waals surface area (Å²) in [5.74, 6) is -0.132. The van der Waals surface area contributed by atoms with E-state index in [0.29, 0.717) is 11.3 Å². The van der Waals surface area contributed by atoms with Gasteiger partial charge in [-0.25, -0.2) is 8.42 Å². The van der Waals surface area contributed by atoms with Gasteiger partial charge in [0.25, 0.3) is 9.05 Å². The highest BCUT2D eigenvalue weighted by Gasteiger charge is 2.15. The summed E-state index contributed by atoms with van der Waals surface area (Å²) in [6.45, 7) is 5.62. The Hall–Kier alpha value is -1.07. The molecule has 0 aliphatic rings. The van der Waals surface area contributed by atoms with Crippen molar-refractivity contribution in [1.29, 1.82) is 0 Å². The molecule has 106 valence electrons. The van der Waals surface area contributed by atoms with E-state index in [4.69, 9.17) is 10.7 Å². The van der Waals surface area contributed by atoms with Gasteiger partial charge in [0, 0.05) is 22.3 Å². The molecule has 1 rings (SSSR count). The Morgan fingerprint density at radius 3 is 2.53 bits per heavy atom. The van der Waals surface area contributed by atoms with Crippen molar-refractivity contribution >= 4 is 31.3 Å². The van der Waals surface area contributed by atoms with Crippen LogP contribution in [0, 0.1) is 12.8 Å². The Kier molecular flexibility index (Phi) is 5.38. The number of carbonyl (C=O) groups is 1. The van der Waals surface area contributed by atoms with Crippen molar-refractivity contribution < 1.29 is 13.2 Å². The minimum Gasteiger partial charge on any atom is -0.326 e. The summed E-state index contributed by atoms with van der Waals surface area (Å²) >= 11 is 0. The van der Waals surface area contributed by atoms with Crippen LogP contribution in [0.4, 0.5) is 5.69 Å². The third kappa shape index (κ3) is 4.51. The van der Waals surface area contributed by atoms with Crippen LogP contribution in [0.15, 0.2) is 23.1 Å². The van der Waals surface area contributed by atoms with E-state index in [9.17, 15) is 13.2 Å². The Bertz CT molecular complexity index is 569. The minimum atomic E-state index is -3.74. The summed E-state index contributed by atoms with van der Waals surface area (Å²) in [7, 11) is 1.53. The van der Waals surface area contributed by atoms with Gasteiger partial charge in [-0.1, -0.05) is 20.3 Å². The van der Waals surface area contributed by atoms with Crippen LogP contribution in [0.1, 0.15) is 32.3 Å². The molecule has 1 amide bonds. The Balaban J connectivity index is 2.90. The van der Waals surface area contributed by atoms with Gasteiger partial charge in [-0.2, -0.15) is 0 Å². The molecule has 0 saturated heterocycles. The number of aryl methyl sites for hydroxylation is 1. The Morgan fingerprint density at radius 2 is 2.05 bits per heavy atom. The average Bonchev–Trinajstić information content (AvgIpc) is 2.30. The number of hydrogen-bond donors (Lipinski definition) is 1. The summed E-state index contributed by atoms with van der Waals surface area (Å²) in [6.07, 6.45) is 1.76. The van der Waals surface area contributed by atoms with E-state index in [0.717, 1.165) is 12.8 Å².